The molecule has 1 aromatic rings. The van der Waals surface area contributed by atoms with Crippen molar-refractivity contribution in [2.24, 2.45) is 5.92 Å². The molecule has 1 fully saturated rings. The highest BCUT2D eigenvalue weighted by Crippen LogP contribution is 2.37. The van der Waals surface area contributed by atoms with E-state index in [9.17, 15) is 26.7 Å². The van der Waals surface area contributed by atoms with Crippen molar-refractivity contribution >= 4 is 6.03 Å². The van der Waals surface area contributed by atoms with Gasteiger partial charge in [-0.3, -0.25) is 0 Å². The van der Waals surface area contributed by atoms with E-state index in [0.29, 0.717) is 24.8 Å². The van der Waals surface area contributed by atoms with E-state index < -0.39 is 30.8 Å². The number of hydrogen-bond acceptors (Lipinski definition) is 3. The Bertz CT molecular complexity index is 574. The Morgan fingerprint density at radius 2 is 2.12 bits per heavy atom. The molecule has 1 aliphatic carbocycles. The van der Waals surface area contributed by atoms with E-state index in [1.54, 1.807) is 0 Å². The molecule has 0 saturated heterocycles. The number of aromatic nitrogens is 1. The van der Waals surface area contributed by atoms with Crippen LogP contribution in [0.3, 0.4) is 0 Å². The van der Waals surface area contributed by atoms with E-state index in [1.165, 1.54) is 18.3 Å². The minimum Gasteiger partial charge on any atom is -0.417 e. The van der Waals surface area contributed by atoms with Gasteiger partial charge >= 0.3 is 18.8 Å². The first-order valence-electron chi connectivity index (χ1n) is 7.26. The van der Waals surface area contributed by atoms with Crippen molar-refractivity contribution in [2.45, 2.75) is 44.6 Å². The Morgan fingerprint density at radius 3 is 2.67 bits per heavy atom. The lowest BCUT2D eigenvalue weighted by Gasteiger charge is -2.35. The normalized spacial score (nSPS) is 16.4. The van der Waals surface area contributed by atoms with Crippen LogP contribution in [-0.4, -0.2) is 29.8 Å². The van der Waals surface area contributed by atoms with Gasteiger partial charge in [0.1, 0.15) is 6.04 Å². The van der Waals surface area contributed by atoms with Crippen molar-refractivity contribution in [3.63, 3.8) is 0 Å². The lowest BCUT2D eigenvalue weighted by Crippen LogP contribution is -2.54. The molecule has 10 heteroatoms. The highest BCUT2D eigenvalue weighted by Gasteiger charge is 2.47. The first-order chi connectivity index (χ1) is 11.3. The lowest BCUT2D eigenvalue weighted by molar-refractivity contribution is -0.171. The van der Waals surface area contributed by atoms with Crippen molar-refractivity contribution in [1.82, 2.24) is 15.6 Å². The lowest BCUT2D eigenvalue weighted by atomic mass is 9.79. The number of hydrogen-bond donors (Lipinski definition) is 2. The molecule has 0 aliphatic heterocycles. The molecule has 1 aliphatic rings. The number of urea groups is 1. The molecule has 1 saturated carbocycles. The molecule has 0 spiro atoms. The van der Waals surface area contributed by atoms with Gasteiger partial charge in [-0.1, -0.05) is 6.42 Å². The molecule has 138 valence electrons. The van der Waals surface area contributed by atoms with E-state index in [1.807, 2.05) is 5.32 Å². The Morgan fingerprint density at radius 1 is 1.42 bits per heavy atom. The van der Waals surface area contributed by atoms with Crippen LogP contribution in [0.15, 0.2) is 18.3 Å². The second-order valence-corrected chi connectivity index (χ2v) is 5.42. The summed E-state index contributed by atoms with van der Waals surface area (Å²) in [7, 11) is 0. The molecule has 1 heterocycles. The minimum atomic E-state index is -4.52. The van der Waals surface area contributed by atoms with Crippen LogP contribution in [0, 0.1) is 5.92 Å². The minimum absolute atomic E-state index is 0. The quantitative estimate of drug-likeness (QED) is 0.763. The van der Waals surface area contributed by atoms with Crippen LogP contribution < -0.4 is 15.4 Å². The monoisotopic (exact) mass is 357 g/mol. The first-order valence-corrected chi connectivity index (χ1v) is 7.26. The molecule has 1 aromatic heterocycles. The number of amides is 2. The zero-order valence-electron chi connectivity index (χ0n) is 12.4. The van der Waals surface area contributed by atoms with E-state index >= 15 is 0 Å². The van der Waals surface area contributed by atoms with Crippen LogP contribution in [0.5, 0.6) is 5.88 Å². The van der Waals surface area contributed by atoms with Crippen LogP contribution in [0.2, 0.25) is 0 Å². The molecule has 2 rings (SSSR count). The molecular weight excluding hydrogens is 337 g/mol. The Hall–Kier alpha value is -2.13. The average molecular weight is 357 g/mol. The largest absolute Gasteiger partial charge is 0.417 e. The molecule has 2 amide bonds. The molecule has 0 aromatic carbocycles. The molecular formula is C14H20F5N3O2. The van der Waals surface area contributed by atoms with Gasteiger partial charge in [0.25, 0.3) is 0 Å². The zero-order chi connectivity index (χ0) is 17.7. The van der Waals surface area contributed by atoms with Crippen LogP contribution in [0.25, 0.3) is 0 Å². The van der Waals surface area contributed by atoms with Crippen LogP contribution in [0.1, 0.15) is 27.7 Å². The highest BCUT2D eigenvalue weighted by molar-refractivity contribution is 5.74. The van der Waals surface area contributed by atoms with Crippen molar-refractivity contribution in [2.75, 3.05) is 0 Å². The summed E-state index contributed by atoms with van der Waals surface area (Å²) in [6, 6.07) is -0.274. The van der Waals surface area contributed by atoms with Crippen LogP contribution in [-0.2, 0) is 6.54 Å². The van der Waals surface area contributed by atoms with Gasteiger partial charge in [-0.05, 0) is 30.4 Å². The molecule has 5 nitrogen and oxygen atoms in total. The number of pyridine rings is 1. The van der Waals surface area contributed by atoms with Crippen molar-refractivity contribution in [1.29, 1.82) is 0 Å². The summed E-state index contributed by atoms with van der Waals surface area (Å²) >= 11 is 0. The predicted octanol–water partition coefficient (Wildman–Crippen LogP) is 3.71. The maximum absolute atomic E-state index is 13.0. The van der Waals surface area contributed by atoms with E-state index in [0.717, 1.165) is 0 Å². The number of nitrogens with zero attached hydrogens (tertiary/aromatic N) is 1. The third-order valence-electron chi connectivity index (χ3n) is 3.72. The summed E-state index contributed by atoms with van der Waals surface area (Å²) in [5, 5.41) is 4.20. The smallest absolute Gasteiger partial charge is 0.408 e. The number of alkyl halides is 5. The maximum Gasteiger partial charge on any atom is 0.408 e. The molecule has 1 atom stereocenters. The van der Waals surface area contributed by atoms with Crippen LogP contribution in [0.4, 0.5) is 26.7 Å². The summed E-state index contributed by atoms with van der Waals surface area (Å²) in [6.07, 6.45) is -1.77. The Kier molecular flexibility index (Phi) is 5.79. The Labute approximate surface area is 137 Å². The van der Waals surface area contributed by atoms with Crippen molar-refractivity contribution in [3.05, 3.63) is 23.9 Å². The molecule has 24 heavy (non-hydrogen) atoms. The van der Waals surface area contributed by atoms with E-state index in [2.05, 4.69) is 15.0 Å². The van der Waals surface area contributed by atoms with Gasteiger partial charge in [0, 0.05) is 21.7 Å². The van der Waals surface area contributed by atoms with Gasteiger partial charge < -0.3 is 15.4 Å². The van der Waals surface area contributed by atoms with E-state index in [4.69, 9.17) is 0 Å². The third kappa shape index (κ3) is 5.20. The van der Waals surface area contributed by atoms with Gasteiger partial charge in [0.05, 0.1) is 0 Å². The Balaban J connectivity index is 0.00000312. The summed E-state index contributed by atoms with van der Waals surface area (Å²) in [5.74, 6) is -0.949. The molecule has 2 N–H and O–H groups in total. The number of halogens is 5. The maximum atomic E-state index is 13.0. The fraction of sp³-hybridized carbons (Fsp3) is 0.571. The van der Waals surface area contributed by atoms with Gasteiger partial charge in [0.15, 0.2) is 0 Å². The van der Waals surface area contributed by atoms with Crippen molar-refractivity contribution in [3.8, 4) is 5.88 Å². The van der Waals surface area contributed by atoms with E-state index in [-0.39, 0.29) is 15.3 Å². The molecule has 0 bridgehead atoms. The first kappa shape index (κ1) is 18.2. The second kappa shape index (κ2) is 7.63. The van der Waals surface area contributed by atoms with Crippen LogP contribution >= 0.6 is 0 Å². The number of carbonyl (C=O) groups excluding carboxylic acids is 1. The average Bonchev–Trinajstić information content (AvgIpc) is 2.41. The fourth-order valence-corrected chi connectivity index (χ4v) is 2.33. The van der Waals surface area contributed by atoms with Gasteiger partial charge in [-0.2, -0.15) is 22.0 Å². The number of nitrogens with one attached hydrogen (secondary N) is 2. The number of ether oxygens (including phenoxy) is 1. The summed E-state index contributed by atoms with van der Waals surface area (Å²) < 4.78 is 67.1. The highest BCUT2D eigenvalue weighted by atomic mass is 19.4. The summed E-state index contributed by atoms with van der Waals surface area (Å²) in [6.45, 7) is -3.19. The SMILES string of the molecule is O=C(NCc1ccnc(OC(F)F)c1)NC(C1CCC1)C(F)(F)F.[HH].[HH]. The number of rotatable bonds is 6. The van der Waals surface area contributed by atoms with Crippen molar-refractivity contribution < 1.29 is 34.3 Å². The molecule has 1 unspecified atom stereocenters. The summed E-state index contributed by atoms with van der Waals surface area (Å²) in [5.41, 5.74) is 0.364. The zero-order valence-corrected chi connectivity index (χ0v) is 12.4. The fourth-order valence-electron chi connectivity index (χ4n) is 2.33. The predicted molar refractivity (Wildman–Crippen MR) is 77.7 cm³/mol. The van der Waals surface area contributed by atoms with Gasteiger partial charge in [-0.25, -0.2) is 9.78 Å². The van der Waals surface area contributed by atoms with Gasteiger partial charge in [0.2, 0.25) is 5.88 Å². The molecule has 0 radical (unpaired) electrons. The third-order valence-corrected chi connectivity index (χ3v) is 3.72. The number of carbonyl (C=O) groups is 1. The van der Waals surface area contributed by atoms with Gasteiger partial charge in [-0.15, -0.1) is 0 Å². The standard InChI is InChI=1S/C14H16F5N3O2.2H2/c15-12(16)24-10-6-8(4-5-20-10)7-21-13(23)22-11(14(17,18)19)9-2-1-3-9;;/h4-6,9,11-12H,1-3,7H2,(H2,21,22,23);2*1H. The topological polar surface area (TPSA) is 63.2 Å². The summed E-state index contributed by atoms with van der Waals surface area (Å²) in [4.78, 5) is 15.2. The second-order valence-electron chi connectivity index (χ2n) is 5.42.